The second kappa shape index (κ2) is 6.05. The van der Waals surface area contributed by atoms with Gasteiger partial charge in [0.15, 0.2) is 0 Å². The summed E-state index contributed by atoms with van der Waals surface area (Å²) in [5.41, 5.74) is 1.61. The highest BCUT2D eigenvalue weighted by Crippen LogP contribution is 2.29. The summed E-state index contributed by atoms with van der Waals surface area (Å²) >= 11 is 0. The van der Waals surface area contributed by atoms with Gasteiger partial charge in [0.05, 0.1) is 16.0 Å². The van der Waals surface area contributed by atoms with Crippen molar-refractivity contribution in [2.75, 3.05) is 18.4 Å². The predicted molar refractivity (Wildman–Crippen MR) is 82.5 cm³/mol. The van der Waals surface area contributed by atoms with E-state index in [9.17, 15) is 10.1 Å². The van der Waals surface area contributed by atoms with Gasteiger partial charge in [0.2, 0.25) is 0 Å². The predicted octanol–water partition coefficient (Wildman–Crippen LogP) is 2.70. The smallest absolute Gasteiger partial charge is 0.278 e. The van der Waals surface area contributed by atoms with Gasteiger partial charge in [-0.1, -0.05) is 0 Å². The Balaban J connectivity index is 1.79. The lowest BCUT2D eigenvalue weighted by Crippen LogP contribution is -2.24. The van der Waals surface area contributed by atoms with Crippen LogP contribution in [0.15, 0.2) is 30.5 Å². The number of fused-ring (bicyclic) bond motifs is 1. The van der Waals surface area contributed by atoms with E-state index in [4.69, 9.17) is 0 Å². The van der Waals surface area contributed by atoms with Crippen LogP contribution in [0, 0.1) is 10.1 Å². The average Bonchev–Trinajstić information content (AvgIpc) is 3.00. The fourth-order valence-electron chi connectivity index (χ4n) is 2.84. The van der Waals surface area contributed by atoms with Crippen molar-refractivity contribution in [2.45, 2.75) is 25.3 Å². The maximum absolute atomic E-state index is 11.1. The molecule has 1 aliphatic heterocycles. The minimum absolute atomic E-state index is 0.0982. The van der Waals surface area contributed by atoms with Crippen LogP contribution in [-0.2, 0) is 0 Å². The Morgan fingerprint density at radius 2 is 2.33 bits per heavy atom. The fourth-order valence-corrected chi connectivity index (χ4v) is 2.84. The Bertz CT molecular complexity index is 653. The Morgan fingerprint density at radius 1 is 1.43 bits per heavy atom. The molecule has 1 atom stereocenters. The third-order valence-electron chi connectivity index (χ3n) is 3.91. The third kappa shape index (κ3) is 2.95. The van der Waals surface area contributed by atoms with Crippen molar-refractivity contribution in [2.24, 2.45) is 0 Å². The minimum Gasteiger partial charge on any atom is -0.383 e. The molecule has 1 aromatic heterocycles. The van der Waals surface area contributed by atoms with Crippen LogP contribution in [0.25, 0.3) is 10.9 Å². The molecule has 21 heavy (non-hydrogen) atoms. The zero-order valence-electron chi connectivity index (χ0n) is 11.7. The number of rotatable bonds is 5. The van der Waals surface area contributed by atoms with Crippen molar-refractivity contribution < 1.29 is 4.92 Å². The number of benzene rings is 1. The zero-order valence-corrected chi connectivity index (χ0v) is 11.7. The van der Waals surface area contributed by atoms with Crippen molar-refractivity contribution in [1.29, 1.82) is 0 Å². The van der Waals surface area contributed by atoms with Crippen LogP contribution in [0.1, 0.15) is 19.3 Å². The van der Waals surface area contributed by atoms with Crippen molar-refractivity contribution in [3.05, 3.63) is 40.6 Å². The maximum atomic E-state index is 11.1. The van der Waals surface area contributed by atoms with Crippen LogP contribution in [0.2, 0.25) is 0 Å². The van der Waals surface area contributed by atoms with Crippen LogP contribution in [-0.4, -0.2) is 29.0 Å². The molecule has 6 nitrogen and oxygen atoms in total. The van der Waals surface area contributed by atoms with Gasteiger partial charge < -0.3 is 10.6 Å². The highest BCUT2D eigenvalue weighted by Gasteiger charge is 2.16. The van der Waals surface area contributed by atoms with Gasteiger partial charge in [0.1, 0.15) is 5.52 Å². The zero-order chi connectivity index (χ0) is 14.7. The molecule has 6 heteroatoms. The second-order valence-electron chi connectivity index (χ2n) is 5.30. The molecule has 1 saturated heterocycles. The molecule has 1 aromatic carbocycles. The summed E-state index contributed by atoms with van der Waals surface area (Å²) in [4.78, 5) is 15.0. The number of aromatic nitrogens is 1. The number of nitrogens with zero attached hydrogens (tertiary/aromatic N) is 2. The Hall–Kier alpha value is -2.21. The van der Waals surface area contributed by atoms with Crippen molar-refractivity contribution in [1.82, 2.24) is 10.3 Å². The van der Waals surface area contributed by atoms with Gasteiger partial charge in [-0.15, -0.1) is 0 Å². The first kappa shape index (κ1) is 13.8. The van der Waals surface area contributed by atoms with Crippen molar-refractivity contribution >= 4 is 22.3 Å². The molecule has 0 bridgehead atoms. The lowest BCUT2D eigenvalue weighted by atomic mass is 10.1. The molecule has 0 amide bonds. The Morgan fingerprint density at radius 3 is 3.10 bits per heavy atom. The fraction of sp³-hybridized carbons (Fsp3) is 0.400. The molecular weight excluding hydrogens is 268 g/mol. The van der Waals surface area contributed by atoms with E-state index < -0.39 is 0 Å². The van der Waals surface area contributed by atoms with E-state index in [2.05, 4.69) is 15.6 Å². The third-order valence-corrected chi connectivity index (χ3v) is 3.91. The first-order valence-electron chi connectivity index (χ1n) is 7.25. The van der Waals surface area contributed by atoms with Gasteiger partial charge in [0.25, 0.3) is 5.69 Å². The molecule has 1 aliphatic rings. The van der Waals surface area contributed by atoms with Crippen LogP contribution in [0.3, 0.4) is 0 Å². The van der Waals surface area contributed by atoms with Crippen LogP contribution in [0.5, 0.6) is 0 Å². The van der Waals surface area contributed by atoms with E-state index in [1.165, 1.54) is 12.8 Å². The molecule has 0 spiro atoms. The monoisotopic (exact) mass is 286 g/mol. The van der Waals surface area contributed by atoms with Gasteiger partial charge in [-0.05, 0) is 44.0 Å². The first-order valence-corrected chi connectivity index (χ1v) is 7.25. The van der Waals surface area contributed by atoms with Gasteiger partial charge >= 0.3 is 0 Å². The topological polar surface area (TPSA) is 80.1 Å². The highest BCUT2D eigenvalue weighted by molar-refractivity contribution is 5.96. The largest absolute Gasteiger partial charge is 0.383 e. The second-order valence-corrected chi connectivity index (χ2v) is 5.30. The summed E-state index contributed by atoms with van der Waals surface area (Å²) in [6.45, 7) is 1.94. The summed E-state index contributed by atoms with van der Waals surface area (Å²) < 4.78 is 0. The quantitative estimate of drug-likeness (QED) is 0.652. The van der Waals surface area contributed by atoms with Crippen LogP contribution < -0.4 is 10.6 Å². The SMILES string of the molecule is O=[N+]([O-])c1ccc(NCCC2CCCN2)c2ncccc12. The molecule has 2 N–H and O–H groups in total. The molecule has 3 rings (SSSR count). The normalized spacial score (nSPS) is 18.0. The molecule has 0 saturated carbocycles. The summed E-state index contributed by atoms with van der Waals surface area (Å²) in [5, 5.41) is 18.5. The number of hydrogen-bond donors (Lipinski definition) is 2. The number of nitro benzene ring substituents is 1. The van der Waals surface area contributed by atoms with E-state index in [1.54, 1.807) is 30.5 Å². The van der Waals surface area contributed by atoms with Crippen LogP contribution in [0.4, 0.5) is 11.4 Å². The van der Waals surface area contributed by atoms with Crippen molar-refractivity contribution in [3.8, 4) is 0 Å². The number of pyridine rings is 1. The number of non-ortho nitro benzene ring substituents is 1. The number of hydrogen-bond acceptors (Lipinski definition) is 5. The van der Waals surface area contributed by atoms with E-state index >= 15 is 0 Å². The number of nitro groups is 1. The van der Waals surface area contributed by atoms with E-state index in [0.29, 0.717) is 16.9 Å². The molecule has 110 valence electrons. The van der Waals surface area contributed by atoms with Crippen LogP contribution >= 0.6 is 0 Å². The average molecular weight is 286 g/mol. The van der Waals surface area contributed by atoms with Gasteiger partial charge in [0, 0.05) is 24.8 Å². The van der Waals surface area contributed by atoms with Crippen molar-refractivity contribution in [3.63, 3.8) is 0 Å². The summed E-state index contributed by atoms with van der Waals surface area (Å²) in [6.07, 6.45) is 5.18. The lowest BCUT2D eigenvalue weighted by molar-refractivity contribution is -0.383. The van der Waals surface area contributed by atoms with E-state index in [-0.39, 0.29) is 10.6 Å². The lowest BCUT2D eigenvalue weighted by Gasteiger charge is -2.12. The minimum atomic E-state index is -0.365. The summed E-state index contributed by atoms with van der Waals surface area (Å²) in [6, 6.07) is 7.33. The molecule has 0 radical (unpaired) electrons. The van der Waals surface area contributed by atoms with E-state index in [0.717, 1.165) is 25.2 Å². The standard InChI is InChI=1S/C15H18N4O2/c20-19(21)14-6-5-13(15-12(14)4-2-9-18-15)17-10-7-11-3-1-8-16-11/h2,4-6,9,11,16-17H,1,3,7-8,10H2. The first-order chi connectivity index (χ1) is 10.3. The molecule has 1 fully saturated rings. The molecule has 1 unspecified atom stereocenters. The maximum Gasteiger partial charge on any atom is 0.278 e. The van der Waals surface area contributed by atoms with Gasteiger partial charge in [-0.25, -0.2) is 0 Å². The van der Waals surface area contributed by atoms with Gasteiger partial charge in [-0.3, -0.25) is 15.1 Å². The molecule has 2 aromatic rings. The number of anilines is 1. The van der Waals surface area contributed by atoms with Gasteiger partial charge in [-0.2, -0.15) is 0 Å². The number of nitrogens with one attached hydrogen (secondary N) is 2. The van der Waals surface area contributed by atoms with E-state index in [1.807, 2.05) is 0 Å². The molecule has 2 heterocycles. The molecular formula is C15H18N4O2. The Labute approximate surface area is 122 Å². The highest BCUT2D eigenvalue weighted by atomic mass is 16.6. The Kier molecular flexibility index (Phi) is 3.96. The molecule has 0 aliphatic carbocycles. The summed E-state index contributed by atoms with van der Waals surface area (Å²) in [7, 11) is 0. The summed E-state index contributed by atoms with van der Waals surface area (Å²) in [5.74, 6) is 0.